The summed E-state index contributed by atoms with van der Waals surface area (Å²) in [5.41, 5.74) is 1.69. The number of halogens is 1. The van der Waals surface area contributed by atoms with E-state index in [0.29, 0.717) is 23.8 Å². The van der Waals surface area contributed by atoms with Crippen molar-refractivity contribution in [3.8, 4) is 5.75 Å². The normalized spacial score (nSPS) is 10.3. The number of para-hydroxylation sites is 1. The topological polar surface area (TPSA) is 55.8 Å². The van der Waals surface area contributed by atoms with Crippen LogP contribution in [0.1, 0.15) is 18.4 Å². The summed E-state index contributed by atoms with van der Waals surface area (Å²) in [7, 11) is 1.65. The third-order valence-electron chi connectivity index (χ3n) is 3.80. The highest BCUT2D eigenvalue weighted by Crippen LogP contribution is 2.21. The summed E-state index contributed by atoms with van der Waals surface area (Å²) in [5.74, 6) is 0.00747. The molecule has 6 heteroatoms. The van der Waals surface area contributed by atoms with Crippen LogP contribution in [0.5, 0.6) is 5.75 Å². The van der Waals surface area contributed by atoms with Crippen LogP contribution in [0.25, 0.3) is 0 Å². The molecule has 2 aromatic carbocycles. The number of likely N-dealkylation sites (N-methyl/N-ethyl adjacent to an activating group) is 1. The molecule has 0 atom stereocenters. The Hall–Kier alpha value is -2.53. The van der Waals surface area contributed by atoms with Gasteiger partial charge in [0.25, 0.3) is 5.91 Å². The lowest BCUT2D eigenvalue weighted by Gasteiger charge is -2.17. The molecule has 138 valence electrons. The van der Waals surface area contributed by atoms with Crippen LogP contribution in [-0.4, -0.2) is 32.1 Å². The fourth-order valence-corrected chi connectivity index (χ4v) is 2.34. The van der Waals surface area contributed by atoms with Gasteiger partial charge in [0.05, 0.1) is 6.61 Å². The number of aryl methyl sites for hydroxylation is 1. The zero-order valence-corrected chi connectivity index (χ0v) is 15.7. The summed E-state index contributed by atoms with van der Waals surface area (Å²) in [5, 5.41) is 0.686. The summed E-state index contributed by atoms with van der Waals surface area (Å²) in [6.45, 7) is 2.01. The first kappa shape index (κ1) is 19.8. The summed E-state index contributed by atoms with van der Waals surface area (Å²) >= 11 is 5.96. The second-order valence-electron chi connectivity index (χ2n) is 5.81. The summed E-state index contributed by atoms with van der Waals surface area (Å²) < 4.78 is 10.6. The van der Waals surface area contributed by atoms with E-state index in [2.05, 4.69) is 0 Å². The molecule has 0 unspecified atom stereocenters. The van der Waals surface area contributed by atoms with E-state index in [0.717, 1.165) is 11.3 Å². The van der Waals surface area contributed by atoms with Crippen LogP contribution in [-0.2, 0) is 14.3 Å². The van der Waals surface area contributed by atoms with Crippen molar-refractivity contribution >= 4 is 29.2 Å². The van der Waals surface area contributed by atoms with E-state index in [9.17, 15) is 9.59 Å². The van der Waals surface area contributed by atoms with Crippen molar-refractivity contribution < 1.29 is 19.1 Å². The lowest BCUT2D eigenvalue weighted by molar-refractivity contribution is -0.148. The maximum Gasteiger partial charge on any atom is 0.306 e. The van der Waals surface area contributed by atoms with Gasteiger partial charge >= 0.3 is 5.97 Å². The monoisotopic (exact) mass is 375 g/mol. The molecule has 26 heavy (non-hydrogen) atoms. The fraction of sp³-hybridized carbons (Fsp3) is 0.300. The van der Waals surface area contributed by atoms with Crippen LogP contribution >= 0.6 is 11.6 Å². The van der Waals surface area contributed by atoms with Crippen LogP contribution in [0.3, 0.4) is 0 Å². The van der Waals surface area contributed by atoms with Crippen LogP contribution in [0.4, 0.5) is 5.69 Å². The maximum atomic E-state index is 12.0. The van der Waals surface area contributed by atoms with Gasteiger partial charge in [-0.1, -0.05) is 29.8 Å². The van der Waals surface area contributed by atoms with E-state index in [1.807, 2.05) is 43.3 Å². The van der Waals surface area contributed by atoms with Gasteiger partial charge in [-0.3, -0.25) is 9.59 Å². The number of hydrogen-bond acceptors (Lipinski definition) is 4. The second kappa shape index (κ2) is 9.82. The largest absolute Gasteiger partial charge is 0.494 e. The van der Waals surface area contributed by atoms with Gasteiger partial charge in [-0.15, -0.1) is 0 Å². The number of benzene rings is 2. The van der Waals surface area contributed by atoms with Crippen molar-refractivity contribution in [2.24, 2.45) is 0 Å². The Morgan fingerprint density at radius 3 is 2.54 bits per heavy atom. The standard InChI is InChI=1S/C20H22ClNO4/c1-15-13-17(10-11-18(15)21)25-12-6-9-20(24)26-14-19(23)22(2)16-7-4-3-5-8-16/h3-5,7-8,10-11,13H,6,9,12,14H2,1-2H3. The molecule has 0 saturated carbocycles. The van der Waals surface area contributed by atoms with E-state index >= 15 is 0 Å². The van der Waals surface area contributed by atoms with Crippen LogP contribution < -0.4 is 9.64 Å². The zero-order valence-electron chi connectivity index (χ0n) is 14.9. The van der Waals surface area contributed by atoms with Gasteiger partial charge in [0, 0.05) is 24.2 Å². The lowest BCUT2D eigenvalue weighted by atomic mass is 10.2. The van der Waals surface area contributed by atoms with Gasteiger partial charge in [0.1, 0.15) is 5.75 Å². The number of anilines is 1. The molecule has 0 aliphatic rings. The van der Waals surface area contributed by atoms with Crippen LogP contribution in [0.15, 0.2) is 48.5 Å². The number of ether oxygens (including phenoxy) is 2. The Labute approximate surface area is 158 Å². The molecule has 2 rings (SSSR count). The number of amides is 1. The van der Waals surface area contributed by atoms with Crippen molar-refractivity contribution in [1.82, 2.24) is 0 Å². The molecule has 0 saturated heterocycles. The SMILES string of the molecule is Cc1cc(OCCCC(=O)OCC(=O)N(C)c2ccccc2)ccc1Cl. The molecule has 1 amide bonds. The molecule has 0 aliphatic carbocycles. The molecule has 0 N–H and O–H groups in total. The highest BCUT2D eigenvalue weighted by atomic mass is 35.5. The Morgan fingerprint density at radius 1 is 1.12 bits per heavy atom. The van der Waals surface area contributed by atoms with Gasteiger partial charge in [0.2, 0.25) is 0 Å². The highest BCUT2D eigenvalue weighted by Gasteiger charge is 2.13. The summed E-state index contributed by atoms with van der Waals surface area (Å²) in [6.07, 6.45) is 0.693. The second-order valence-corrected chi connectivity index (χ2v) is 6.22. The first-order chi connectivity index (χ1) is 12.5. The van der Waals surface area contributed by atoms with Gasteiger partial charge in [-0.25, -0.2) is 0 Å². The third kappa shape index (κ3) is 6.08. The summed E-state index contributed by atoms with van der Waals surface area (Å²) in [4.78, 5) is 25.2. The molecule has 2 aromatic rings. The van der Waals surface area contributed by atoms with Gasteiger partial charge in [-0.05, 0) is 49.2 Å². The summed E-state index contributed by atoms with van der Waals surface area (Å²) in [6, 6.07) is 14.6. The molecule has 0 radical (unpaired) electrons. The van der Waals surface area contributed by atoms with Crippen molar-refractivity contribution in [3.05, 3.63) is 59.1 Å². The quantitative estimate of drug-likeness (QED) is 0.516. The van der Waals surface area contributed by atoms with Crippen molar-refractivity contribution in [3.63, 3.8) is 0 Å². The fourth-order valence-electron chi connectivity index (χ4n) is 2.22. The van der Waals surface area contributed by atoms with E-state index in [4.69, 9.17) is 21.1 Å². The van der Waals surface area contributed by atoms with E-state index in [1.165, 1.54) is 4.90 Å². The molecule has 0 aliphatic heterocycles. The molecular weight excluding hydrogens is 354 g/mol. The van der Waals surface area contributed by atoms with Crippen LogP contribution in [0, 0.1) is 6.92 Å². The van der Waals surface area contributed by atoms with E-state index in [-0.39, 0.29) is 18.9 Å². The Bertz CT molecular complexity index is 749. The third-order valence-corrected chi connectivity index (χ3v) is 4.22. The number of nitrogens with zero attached hydrogens (tertiary/aromatic N) is 1. The minimum absolute atomic E-state index is 0.189. The minimum atomic E-state index is -0.421. The average Bonchev–Trinajstić information content (AvgIpc) is 2.66. The molecule has 0 heterocycles. The molecule has 0 spiro atoms. The highest BCUT2D eigenvalue weighted by molar-refractivity contribution is 6.31. The Morgan fingerprint density at radius 2 is 1.85 bits per heavy atom. The molecule has 0 bridgehead atoms. The van der Waals surface area contributed by atoms with Gasteiger partial charge in [-0.2, -0.15) is 0 Å². The molecule has 0 aromatic heterocycles. The first-order valence-corrected chi connectivity index (χ1v) is 8.71. The first-order valence-electron chi connectivity index (χ1n) is 8.33. The van der Waals surface area contributed by atoms with Gasteiger partial charge in [0.15, 0.2) is 6.61 Å². The number of hydrogen-bond donors (Lipinski definition) is 0. The predicted molar refractivity (Wildman–Crippen MR) is 102 cm³/mol. The number of rotatable bonds is 8. The number of carbonyl (C=O) groups is 2. The molecule has 0 fully saturated rings. The minimum Gasteiger partial charge on any atom is -0.494 e. The zero-order chi connectivity index (χ0) is 18.9. The number of carbonyl (C=O) groups excluding carboxylic acids is 2. The van der Waals surface area contributed by atoms with Crippen molar-refractivity contribution in [1.29, 1.82) is 0 Å². The Kier molecular flexibility index (Phi) is 7.48. The number of esters is 1. The smallest absolute Gasteiger partial charge is 0.306 e. The van der Waals surface area contributed by atoms with Crippen molar-refractivity contribution in [2.75, 3.05) is 25.2 Å². The van der Waals surface area contributed by atoms with Crippen molar-refractivity contribution in [2.45, 2.75) is 19.8 Å². The average molecular weight is 376 g/mol. The van der Waals surface area contributed by atoms with Gasteiger partial charge < -0.3 is 14.4 Å². The van der Waals surface area contributed by atoms with E-state index in [1.54, 1.807) is 19.2 Å². The lowest BCUT2D eigenvalue weighted by Crippen LogP contribution is -2.31. The Balaban J connectivity index is 1.65. The molecule has 5 nitrogen and oxygen atoms in total. The van der Waals surface area contributed by atoms with Crippen LogP contribution in [0.2, 0.25) is 5.02 Å². The molecular formula is C20H22ClNO4. The predicted octanol–water partition coefficient (Wildman–Crippen LogP) is 4.01. The van der Waals surface area contributed by atoms with E-state index < -0.39 is 5.97 Å². The maximum absolute atomic E-state index is 12.0.